The molecule has 0 spiro atoms. The van der Waals surface area contributed by atoms with Gasteiger partial charge in [0.2, 0.25) is 0 Å². The molecule has 2 amide bonds. The van der Waals surface area contributed by atoms with Crippen LogP contribution in [0.2, 0.25) is 0 Å². The molecule has 0 aromatic carbocycles. The van der Waals surface area contributed by atoms with Gasteiger partial charge in [0.05, 0.1) is 0 Å². The summed E-state index contributed by atoms with van der Waals surface area (Å²) in [5, 5.41) is 11.2. The molecule has 0 rings (SSSR count). The Bertz CT molecular complexity index is 243. The molecule has 0 fully saturated rings. The zero-order valence-corrected chi connectivity index (χ0v) is 10.4. The molecule has 0 aliphatic carbocycles. The van der Waals surface area contributed by atoms with E-state index < -0.39 is 12.0 Å². The van der Waals surface area contributed by atoms with Crippen molar-refractivity contribution in [2.24, 2.45) is 0 Å². The van der Waals surface area contributed by atoms with Gasteiger partial charge < -0.3 is 20.2 Å². The normalized spacial score (nSPS) is 12.3. The number of hydrogen-bond acceptors (Lipinski definition) is 3. The molecule has 0 saturated heterocycles. The quantitative estimate of drug-likeness (QED) is 0.677. The Kier molecular flexibility index (Phi) is 6.48. The van der Waals surface area contributed by atoms with Crippen molar-refractivity contribution in [2.45, 2.75) is 19.4 Å². The number of aliphatic carboxylic acids is 1. The van der Waals surface area contributed by atoms with Crippen LogP contribution in [0.1, 0.15) is 13.3 Å². The van der Waals surface area contributed by atoms with E-state index in [2.05, 4.69) is 5.32 Å². The summed E-state index contributed by atoms with van der Waals surface area (Å²) in [7, 11) is 5.48. The fraction of sp³-hybridized carbons (Fsp3) is 0.800. The second kappa shape index (κ2) is 7.05. The lowest BCUT2D eigenvalue weighted by molar-refractivity contribution is -0.139. The van der Waals surface area contributed by atoms with Crippen LogP contribution in [0.25, 0.3) is 0 Å². The number of amides is 2. The molecular formula is C10H21N3O3. The van der Waals surface area contributed by atoms with E-state index in [0.717, 1.165) is 6.54 Å². The van der Waals surface area contributed by atoms with Crippen molar-refractivity contribution in [3.8, 4) is 0 Å². The third-order valence-corrected chi connectivity index (χ3v) is 2.23. The Morgan fingerprint density at radius 2 is 1.81 bits per heavy atom. The first-order valence-corrected chi connectivity index (χ1v) is 5.27. The molecule has 2 N–H and O–H groups in total. The molecule has 94 valence electrons. The van der Waals surface area contributed by atoms with Gasteiger partial charge in [-0.15, -0.1) is 0 Å². The van der Waals surface area contributed by atoms with E-state index in [0.29, 0.717) is 13.0 Å². The van der Waals surface area contributed by atoms with E-state index >= 15 is 0 Å². The van der Waals surface area contributed by atoms with Crippen molar-refractivity contribution in [2.75, 3.05) is 34.2 Å². The van der Waals surface area contributed by atoms with Crippen LogP contribution in [0.3, 0.4) is 0 Å². The van der Waals surface area contributed by atoms with Gasteiger partial charge in [0.25, 0.3) is 0 Å². The highest BCUT2D eigenvalue weighted by atomic mass is 16.4. The summed E-state index contributed by atoms with van der Waals surface area (Å²) in [5.74, 6) is -1.00. The Labute approximate surface area is 96.2 Å². The van der Waals surface area contributed by atoms with Gasteiger partial charge >= 0.3 is 12.0 Å². The van der Waals surface area contributed by atoms with Gasteiger partial charge in [0.1, 0.15) is 6.04 Å². The molecule has 0 bridgehead atoms. The number of nitrogens with one attached hydrogen (secondary N) is 1. The van der Waals surface area contributed by atoms with Gasteiger partial charge in [-0.1, -0.05) is 6.92 Å². The molecule has 0 aliphatic rings. The molecule has 16 heavy (non-hydrogen) atoms. The van der Waals surface area contributed by atoms with Crippen LogP contribution in [0, 0.1) is 0 Å². The molecule has 0 saturated carbocycles. The maximum Gasteiger partial charge on any atom is 0.326 e. The van der Waals surface area contributed by atoms with E-state index in [9.17, 15) is 9.59 Å². The smallest absolute Gasteiger partial charge is 0.326 e. The van der Waals surface area contributed by atoms with Crippen molar-refractivity contribution in [3.05, 3.63) is 0 Å². The first-order chi connectivity index (χ1) is 7.38. The molecule has 6 heteroatoms. The second-order valence-electron chi connectivity index (χ2n) is 3.97. The average Bonchev–Trinajstić information content (AvgIpc) is 2.21. The predicted molar refractivity (Wildman–Crippen MR) is 61.4 cm³/mol. The number of carbonyl (C=O) groups is 2. The van der Waals surface area contributed by atoms with Crippen LogP contribution < -0.4 is 5.32 Å². The summed E-state index contributed by atoms with van der Waals surface area (Å²) < 4.78 is 0. The van der Waals surface area contributed by atoms with Gasteiger partial charge in [-0.3, -0.25) is 0 Å². The molecular weight excluding hydrogens is 210 g/mol. The summed E-state index contributed by atoms with van der Waals surface area (Å²) >= 11 is 0. The number of nitrogens with zero attached hydrogens (tertiary/aromatic N) is 2. The van der Waals surface area contributed by atoms with Crippen molar-refractivity contribution >= 4 is 12.0 Å². The number of likely N-dealkylation sites (N-methyl/N-ethyl adjacent to an activating group) is 2. The van der Waals surface area contributed by atoms with E-state index in [-0.39, 0.29) is 6.03 Å². The van der Waals surface area contributed by atoms with Crippen LogP contribution >= 0.6 is 0 Å². The lowest BCUT2D eigenvalue weighted by Crippen LogP contribution is -2.47. The summed E-state index contributed by atoms with van der Waals surface area (Å²) in [6, 6.07) is -1.16. The zero-order valence-electron chi connectivity index (χ0n) is 10.4. The Morgan fingerprint density at radius 1 is 1.25 bits per heavy atom. The number of carbonyl (C=O) groups excluding carboxylic acids is 1. The monoisotopic (exact) mass is 231 g/mol. The molecule has 1 atom stereocenters. The maximum absolute atomic E-state index is 11.6. The molecule has 0 unspecified atom stereocenters. The minimum Gasteiger partial charge on any atom is -0.480 e. The number of urea groups is 1. The fourth-order valence-corrected chi connectivity index (χ4v) is 1.05. The highest BCUT2D eigenvalue weighted by Gasteiger charge is 2.19. The third-order valence-electron chi connectivity index (χ3n) is 2.23. The topological polar surface area (TPSA) is 72.9 Å². The molecule has 0 radical (unpaired) electrons. The van der Waals surface area contributed by atoms with Gasteiger partial charge in [-0.05, 0) is 20.5 Å². The Hall–Kier alpha value is -1.30. The first-order valence-electron chi connectivity index (χ1n) is 5.27. The summed E-state index contributed by atoms with van der Waals surface area (Å²) in [6.07, 6.45) is 0.378. The minimum absolute atomic E-state index is 0.351. The number of hydrogen-bond donors (Lipinski definition) is 2. The van der Waals surface area contributed by atoms with Gasteiger partial charge in [-0.2, -0.15) is 0 Å². The minimum atomic E-state index is -1.00. The first kappa shape index (κ1) is 14.7. The summed E-state index contributed by atoms with van der Waals surface area (Å²) in [6.45, 7) is 3.03. The van der Waals surface area contributed by atoms with Gasteiger partial charge in [-0.25, -0.2) is 9.59 Å². The standard InChI is InChI=1S/C10H21N3O3/c1-5-8(9(14)15)11-10(16)13(4)7-6-12(2)3/h8H,5-7H2,1-4H3,(H,11,16)(H,14,15)/t8-/m1/s1. The van der Waals surface area contributed by atoms with E-state index in [4.69, 9.17) is 5.11 Å². The molecule has 0 aromatic heterocycles. The summed E-state index contributed by atoms with van der Waals surface area (Å²) in [4.78, 5) is 25.7. The van der Waals surface area contributed by atoms with Crippen molar-refractivity contribution in [1.29, 1.82) is 0 Å². The third kappa shape index (κ3) is 5.55. The second-order valence-corrected chi connectivity index (χ2v) is 3.97. The number of rotatable bonds is 6. The van der Waals surface area contributed by atoms with Gasteiger partial charge in [0.15, 0.2) is 0 Å². The summed E-state index contributed by atoms with van der Waals surface area (Å²) in [5.41, 5.74) is 0. The largest absolute Gasteiger partial charge is 0.480 e. The Balaban J connectivity index is 4.08. The SMILES string of the molecule is CC[C@@H](NC(=O)N(C)CCN(C)C)C(=O)O. The van der Waals surface area contributed by atoms with Crippen LogP contribution in [0.5, 0.6) is 0 Å². The van der Waals surface area contributed by atoms with Crippen LogP contribution in [0.15, 0.2) is 0 Å². The lowest BCUT2D eigenvalue weighted by Gasteiger charge is -2.22. The Morgan fingerprint density at radius 3 is 2.19 bits per heavy atom. The number of carboxylic acid groups (broad SMARTS) is 1. The zero-order chi connectivity index (χ0) is 12.7. The predicted octanol–water partition coefficient (Wildman–Crippen LogP) is 0.0526. The van der Waals surface area contributed by atoms with E-state index in [1.54, 1.807) is 14.0 Å². The molecule has 0 aliphatic heterocycles. The maximum atomic E-state index is 11.6. The molecule has 0 heterocycles. The van der Waals surface area contributed by atoms with E-state index in [1.807, 2.05) is 19.0 Å². The van der Waals surface area contributed by atoms with Crippen molar-refractivity contribution < 1.29 is 14.7 Å². The van der Waals surface area contributed by atoms with Crippen LogP contribution in [0.4, 0.5) is 4.79 Å². The van der Waals surface area contributed by atoms with E-state index in [1.165, 1.54) is 4.90 Å². The fourth-order valence-electron chi connectivity index (χ4n) is 1.05. The average molecular weight is 231 g/mol. The van der Waals surface area contributed by atoms with Crippen LogP contribution in [-0.2, 0) is 4.79 Å². The van der Waals surface area contributed by atoms with Gasteiger partial charge in [0, 0.05) is 20.1 Å². The van der Waals surface area contributed by atoms with Crippen molar-refractivity contribution in [3.63, 3.8) is 0 Å². The molecule has 6 nitrogen and oxygen atoms in total. The number of carboxylic acids is 1. The lowest BCUT2D eigenvalue weighted by atomic mass is 10.2. The van der Waals surface area contributed by atoms with Crippen molar-refractivity contribution in [1.82, 2.24) is 15.1 Å². The van der Waals surface area contributed by atoms with Crippen LogP contribution in [-0.4, -0.2) is 67.2 Å². The highest BCUT2D eigenvalue weighted by Crippen LogP contribution is 1.94. The highest BCUT2D eigenvalue weighted by molar-refractivity contribution is 5.82. The molecule has 0 aromatic rings.